The van der Waals surface area contributed by atoms with E-state index in [1.165, 1.54) is 12.8 Å². The predicted octanol–water partition coefficient (Wildman–Crippen LogP) is 2.31. The molecule has 1 amide bonds. The van der Waals surface area contributed by atoms with E-state index in [0.717, 1.165) is 24.3 Å². The minimum Gasteiger partial charge on any atom is -0.490 e. The molecule has 0 aliphatic heterocycles. The molecule has 0 spiro atoms. The Morgan fingerprint density at radius 3 is 2.86 bits per heavy atom. The standard InChI is InChI=1S/C16H24N2O3/c1-20-15(11-17)10-16(19)18-12-5-4-8-14(9-12)21-13-6-2-3-7-13/h4-5,8-9,13,15H,2-3,6-7,10-11,17H2,1H3,(H,18,19). The van der Waals surface area contributed by atoms with Crippen molar-refractivity contribution in [1.82, 2.24) is 0 Å². The Balaban J connectivity index is 1.89. The summed E-state index contributed by atoms with van der Waals surface area (Å²) in [5, 5.41) is 2.85. The molecule has 1 aromatic carbocycles. The van der Waals surface area contributed by atoms with Gasteiger partial charge in [-0.2, -0.15) is 0 Å². The van der Waals surface area contributed by atoms with Gasteiger partial charge in [0, 0.05) is 25.4 Å². The van der Waals surface area contributed by atoms with Crippen LogP contribution in [0.3, 0.4) is 0 Å². The van der Waals surface area contributed by atoms with E-state index in [0.29, 0.717) is 12.6 Å². The summed E-state index contributed by atoms with van der Waals surface area (Å²) in [5.41, 5.74) is 6.25. The first kappa shape index (κ1) is 15.8. The van der Waals surface area contributed by atoms with Crippen LogP contribution in [-0.2, 0) is 9.53 Å². The van der Waals surface area contributed by atoms with Crippen molar-refractivity contribution in [1.29, 1.82) is 0 Å². The average molecular weight is 292 g/mol. The van der Waals surface area contributed by atoms with E-state index < -0.39 is 0 Å². The first-order valence-electron chi connectivity index (χ1n) is 7.50. The molecule has 0 saturated heterocycles. The van der Waals surface area contributed by atoms with Crippen LogP contribution in [0.4, 0.5) is 5.69 Å². The zero-order valence-electron chi connectivity index (χ0n) is 12.5. The second kappa shape index (κ2) is 8.00. The molecule has 116 valence electrons. The molecule has 1 saturated carbocycles. The zero-order chi connectivity index (χ0) is 15.1. The molecule has 0 bridgehead atoms. The van der Waals surface area contributed by atoms with E-state index in [-0.39, 0.29) is 18.4 Å². The fourth-order valence-corrected chi connectivity index (χ4v) is 2.53. The number of methoxy groups -OCH3 is 1. The first-order valence-corrected chi connectivity index (χ1v) is 7.50. The number of carbonyl (C=O) groups excluding carboxylic acids is 1. The van der Waals surface area contributed by atoms with Gasteiger partial charge in [-0.25, -0.2) is 0 Å². The third-order valence-corrected chi connectivity index (χ3v) is 3.73. The number of benzene rings is 1. The highest BCUT2D eigenvalue weighted by Gasteiger charge is 2.17. The van der Waals surface area contributed by atoms with Gasteiger partial charge in [-0.1, -0.05) is 6.07 Å². The average Bonchev–Trinajstić information content (AvgIpc) is 2.98. The largest absolute Gasteiger partial charge is 0.490 e. The quantitative estimate of drug-likeness (QED) is 0.809. The monoisotopic (exact) mass is 292 g/mol. The zero-order valence-corrected chi connectivity index (χ0v) is 12.5. The van der Waals surface area contributed by atoms with E-state index in [1.807, 2.05) is 24.3 Å². The number of nitrogens with one attached hydrogen (secondary N) is 1. The van der Waals surface area contributed by atoms with Gasteiger partial charge >= 0.3 is 0 Å². The molecule has 1 atom stereocenters. The third kappa shape index (κ3) is 5.02. The third-order valence-electron chi connectivity index (χ3n) is 3.73. The number of rotatable bonds is 7. The molecule has 5 heteroatoms. The molecule has 1 unspecified atom stereocenters. The van der Waals surface area contributed by atoms with Gasteiger partial charge in [0.15, 0.2) is 0 Å². The number of amides is 1. The van der Waals surface area contributed by atoms with Crippen LogP contribution in [0.25, 0.3) is 0 Å². The van der Waals surface area contributed by atoms with Crippen LogP contribution in [0.15, 0.2) is 24.3 Å². The fraction of sp³-hybridized carbons (Fsp3) is 0.562. The van der Waals surface area contributed by atoms with Crippen LogP contribution in [0.1, 0.15) is 32.1 Å². The van der Waals surface area contributed by atoms with Crippen molar-refractivity contribution in [2.45, 2.75) is 44.3 Å². The predicted molar refractivity (Wildman–Crippen MR) is 82.4 cm³/mol. The van der Waals surface area contributed by atoms with E-state index in [1.54, 1.807) is 7.11 Å². The van der Waals surface area contributed by atoms with E-state index >= 15 is 0 Å². The fourth-order valence-electron chi connectivity index (χ4n) is 2.53. The second-order valence-corrected chi connectivity index (χ2v) is 5.40. The smallest absolute Gasteiger partial charge is 0.227 e. The van der Waals surface area contributed by atoms with Crippen molar-refractivity contribution in [3.05, 3.63) is 24.3 Å². The van der Waals surface area contributed by atoms with Crippen molar-refractivity contribution in [2.24, 2.45) is 5.73 Å². The van der Waals surface area contributed by atoms with Gasteiger partial charge in [0.2, 0.25) is 5.91 Å². The van der Waals surface area contributed by atoms with Gasteiger partial charge in [-0.05, 0) is 37.8 Å². The van der Waals surface area contributed by atoms with Gasteiger partial charge in [-0.15, -0.1) is 0 Å². The number of hydrogen-bond acceptors (Lipinski definition) is 4. The second-order valence-electron chi connectivity index (χ2n) is 5.40. The van der Waals surface area contributed by atoms with Gasteiger partial charge in [0.05, 0.1) is 18.6 Å². The molecular formula is C16H24N2O3. The van der Waals surface area contributed by atoms with Gasteiger partial charge in [-0.3, -0.25) is 4.79 Å². The maximum absolute atomic E-state index is 11.9. The topological polar surface area (TPSA) is 73.6 Å². The van der Waals surface area contributed by atoms with Crippen LogP contribution < -0.4 is 15.8 Å². The molecule has 21 heavy (non-hydrogen) atoms. The van der Waals surface area contributed by atoms with Crippen molar-refractivity contribution in [3.63, 3.8) is 0 Å². The molecule has 0 heterocycles. The van der Waals surface area contributed by atoms with Gasteiger partial charge in [0.25, 0.3) is 0 Å². The van der Waals surface area contributed by atoms with Crippen molar-refractivity contribution in [3.8, 4) is 5.75 Å². The minimum atomic E-state index is -0.247. The minimum absolute atomic E-state index is 0.106. The maximum atomic E-state index is 11.9. The number of ether oxygens (including phenoxy) is 2. The Morgan fingerprint density at radius 2 is 2.19 bits per heavy atom. The lowest BCUT2D eigenvalue weighted by Gasteiger charge is -2.15. The highest BCUT2D eigenvalue weighted by molar-refractivity contribution is 5.91. The molecule has 1 aromatic rings. The Kier molecular flexibility index (Phi) is 6.02. The molecule has 0 aromatic heterocycles. The molecule has 1 aliphatic carbocycles. The number of hydrogen-bond donors (Lipinski definition) is 2. The van der Waals surface area contributed by atoms with E-state index in [4.69, 9.17) is 15.2 Å². The van der Waals surface area contributed by atoms with Crippen molar-refractivity contribution in [2.75, 3.05) is 19.0 Å². The lowest BCUT2D eigenvalue weighted by Crippen LogP contribution is -2.28. The summed E-state index contributed by atoms with van der Waals surface area (Å²) >= 11 is 0. The summed E-state index contributed by atoms with van der Waals surface area (Å²) in [5.74, 6) is 0.701. The van der Waals surface area contributed by atoms with Gasteiger partial charge in [0.1, 0.15) is 5.75 Å². The summed E-state index contributed by atoms with van der Waals surface area (Å²) in [6, 6.07) is 7.52. The molecule has 2 rings (SSSR count). The van der Waals surface area contributed by atoms with Crippen LogP contribution in [0, 0.1) is 0 Å². The number of anilines is 1. The molecule has 5 nitrogen and oxygen atoms in total. The molecule has 1 aliphatic rings. The summed E-state index contributed by atoms with van der Waals surface area (Å²) < 4.78 is 11.0. The highest BCUT2D eigenvalue weighted by atomic mass is 16.5. The highest BCUT2D eigenvalue weighted by Crippen LogP contribution is 2.25. The molecule has 3 N–H and O–H groups in total. The Labute approximate surface area is 125 Å². The first-order chi connectivity index (χ1) is 10.2. The summed E-state index contributed by atoms with van der Waals surface area (Å²) in [6.07, 6.45) is 5.01. The Hall–Kier alpha value is -1.59. The van der Waals surface area contributed by atoms with Crippen LogP contribution >= 0.6 is 0 Å². The summed E-state index contributed by atoms with van der Waals surface area (Å²) in [4.78, 5) is 11.9. The van der Waals surface area contributed by atoms with Crippen molar-refractivity contribution < 1.29 is 14.3 Å². The number of carbonyl (C=O) groups is 1. The van der Waals surface area contributed by atoms with Gasteiger partial charge < -0.3 is 20.5 Å². The normalized spacial score (nSPS) is 16.7. The number of nitrogens with two attached hydrogens (primary N) is 1. The summed E-state index contributed by atoms with van der Waals surface area (Å²) in [7, 11) is 1.56. The Morgan fingerprint density at radius 1 is 1.43 bits per heavy atom. The summed E-state index contributed by atoms with van der Waals surface area (Å²) in [6.45, 7) is 0.328. The van der Waals surface area contributed by atoms with E-state index in [2.05, 4.69) is 5.32 Å². The van der Waals surface area contributed by atoms with E-state index in [9.17, 15) is 4.79 Å². The SMILES string of the molecule is COC(CN)CC(=O)Nc1cccc(OC2CCCC2)c1. The molecule has 1 fully saturated rings. The lowest BCUT2D eigenvalue weighted by atomic mass is 10.2. The van der Waals surface area contributed by atoms with Crippen LogP contribution in [-0.4, -0.2) is 31.8 Å². The maximum Gasteiger partial charge on any atom is 0.227 e. The van der Waals surface area contributed by atoms with Crippen molar-refractivity contribution >= 4 is 11.6 Å². The lowest BCUT2D eigenvalue weighted by molar-refractivity contribution is -0.118. The van der Waals surface area contributed by atoms with Crippen LogP contribution in [0.2, 0.25) is 0 Å². The molecule has 0 radical (unpaired) electrons. The Bertz CT molecular complexity index is 455. The molecular weight excluding hydrogens is 268 g/mol. The van der Waals surface area contributed by atoms with Crippen LogP contribution in [0.5, 0.6) is 5.75 Å².